The van der Waals surface area contributed by atoms with Gasteiger partial charge in [0.2, 0.25) is 5.78 Å². The predicted molar refractivity (Wildman–Crippen MR) is 146 cm³/mol. The number of esters is 1. The number of fused-ring (bicyclic) bond motifs is 2. The topological polar surface area (TPSA) is 123 Å². The molecule has 204 valence electrons. The van der Waals surface area contributed by atoms with Gasteiger partial charge in [-0.1, -0.05) is 61.8 Å². The lowest BCUT2D eigenvalue weighted by Gasteiger charge is -2.24. The summed E-state index contributed by atoms with van der Waals surface area (Å²) >= 11 is 0. The van der Waals surface area contributed by atoms with Gasteiger partial charge in [0.15, 0.2) is 11.4 Å². The summed E-state index contributed by atoms with van der Waals surface area (Å²) in [5.41, 5.74) is 5.05. The number of ketones is 2. The van der Waals surface area contributed by atoms with Crippen LogP contribution >= 0.6 is 0 Å². The number of epoxide rings is 1. The second-order valence-corrected chi connectivity index (χ2v) is 10.5. The number of ether oxygens (including phenoxy) is 2. The zero-order chi connectivity index (χ0) is 27.3. The summed E-state index contributed by atoms with van der Waals surface area (Å²) in [6.45, 7) is 5.65. The number of carbonyl (C=O) groups is 3. The second-order valence-electron chi connectivity index (χ2n) is 10.5. The van der Waals surface area contributed by atoms with E-state index >= 15 is 0 Å². The highest BCUT2D eigenvalue weighted by Crippen LogP contribution is 2.58. The van der Waals surface area contributed by atoms with E-state index in [4.69, 9.17) is 15.2 Å². The maximum absolute atomic E-state index is 13.7. The van der Waals surface area contributed by atoms with E-state index in [1.807, 2.05) is 26.1 Å². The lowest BCUT2D eigenvalue weighted by atomic mass is 9.72. The Balaban J connectivity index is 1.54. The van der Waals surface area contributed by atoms with Crippen LogP contribution in [0.2, 0.25) is 0 Å². The molecule has 3 unspecified atom stereocenters. The molecule has 4 N–H and O–H groups in total. The highest BCUT2D eigenvalue weighted by atomic mass is 16.7. The molecule has 8 nitrogen and oxygen atoms in total. The van der Waals surface area contributed by atoms with Gasteiger partial charge in [-0.3, -0.25) is 9.59 Å². The van der Waals surface area contributed by atoms with Gasteiger partial charge in [0, 0.05) is 36.6 Å². The van der Waals surface area contributed by atoms with Crippen LogP contribution in [0.5, 0.6) is 0 Å². The molecule has 0 radical (unpaired) electrons. The van der Waals surface area contributed by atoms with Crippen molar-refractivity contribution in [3.63, 3.8) is 0 Å². The number of unbranched alkanes of at least 4 members (excludes halogenated alkanes) is 1. The maximum Gasteiger partial charge on any atom is 0.350 e. The lowest BCUT2D eigenvalue weighted by Crippen LogP contribution is -2.50. The van der Waals surface area contributed by atoms with Crippen LogP contribution in [-0.2, 0) is 14.3 Å². The third kappa shape index (κ3) is 5.20. The SMILES string of the molecule is CCCCC(CNC)COC(=O)C12OC1(CC=C(C)CCC1=CCNC(N)=C1)C(=O)c1ccccc1C2=O. The number of nitrogens with one attached hydrogen (secondary N) is 2. The summed E-state index contributed by atoms with van der Waals surface area (Å²) < 4.78 is 11.7. The summed E-state index contributed by atoms with van der Waals surface area (Å²) in [4.78, 5) is 40.9. The van der Waals surface area contributed by atoms with E-state index in [0.29, 0.717) is 24.5 Å². The number of carbonyl (C=O) groups excluding carboxylic acids is 3. The largest absolute Gasteiger partial charge is 0.463 e. The van der Waals surface area contributed by atoms with Crippen LogP contribution < -0.4 is 16.4 Å². The average Bonchev–Trinajstić information content (AvgIpc) is 3.63. The molecule has 4 rings (SSSR count). The highest BCUT2D eigenvalue weighted by Gasteiger charge is 2.85. The molecule has 3 aliphatic rings. The Morgan fingerprint density at radius 2 is 2.00 bits per heavy atom. The fraction of sp³-hybridized carbons (Fsp3) is 0.500. The molecule has 1 fully saturated rings. The molecule has 0 bridgehead atoms. The fourth-order valence-corrected chi connectivity index (χ4v) is 5.40. The minimum Gasteiger partial charge on any atom is -0.463 e. The first-order chi connectivity index (χ1) is 18.3. The number of nitrogens with two attached hydrogens (primary N) is 1. The molecular weight excluding hydrogens is 482 g/mol. The van der Waals surface area contributed by atoms with Crippen molar-refractivity contribution in [3.8, 4) is 0 Å². The molecule has 1 saturated heterocycles. The van der Waals surface area contributed by atoms with Crippen molar-refractivity contribution in [1.29, 1.82) is 0 Å². The fourth-order valence-electron chi connectivity index (χ4n) is 5.40. The molecule has 2 aliphatic heterocycles. The van der Waals surface area contributed by atoms with Gasteiger partial charge < -0.3 is 25.8 Å². The first-order valence-corrected chi connectivity index (χ1v) is 13.6. The minimum absolute atomic E-state index is 0.115. The van der Waals surface area contributed by atoms with E-state index in [1.54, 1.807) is 24.3 Å². The Bertz CT molecular complexity index is 1190. The molecule has 0 saturated carbocycles. The van der Waals surface area contributed by atoms with E-state index in [1.165, 1.54) is 0 Å². The Kier molecular flexibility index (Phi) is 8.53. The number of allylic oxidation sites excluding steroid dienone is 3. The van der Waals surface area contributed by atoms with Crippen LogP contribution in [0.25, 0.3) is 0 Å². The van der Waals surface area contributed by atoms with Crippen LogP contribution in [-0.4, -0.2) is 55.5 Å². The highest BCUT2D eigenvalue weighted by molar-refractivity contribution is 6.32. The number of Topliss-reactive ketones (excluding diaryl/α,β-unsaturated/α-hetero) is 2. The van der Waals surface area contributed by atoms with E-state index in [9.17, 15) is 14.4 Å². The smallest absolute Gasteiger partial charge is 0.350 e. The lowest BCUT2D eigenvalue weighted by molar-refractivity contribution is -0.149. The maximum atomic E-state index is 13.7. The molecule has 1 aromatic carbocycles. The van der Waals surface area contributed by atoms with Crippen molar-refractivity contribution in [1.82, 2.24) is 10.6 Å². The molecule has 0 spiro atoms. The van der Waals surface area contributed by atoms with Crippen molar-refractivity contribution >= 4 is 17.5 Å². The number of hydrogen-bond acceptors (Lipinski definition) is 8. The van der Waals surface area contributed by atoms with E-state index in [-0.39, 0.29) is 30.3 Å². The van der Waals surface area contributed by atoms with Crippen LogP contribution in [0.3, 0.4) is 0 Å². The average molecular weight is 522 g/mol. The standard InChI is InChI=1S/C30H39N3O5/c1-4-5-8-22(18-32-3)19-37-28(36)30-27(35)24-10-7-6-9-23(24)26(34)29(30,38-30)15-13-20(2)11-12-21-14-16-33-25(31)17-21/h6-7,9-10,13-14,17,22,32-33H,4-5,8,11-12,15-16,18-19,31H2,1-3H3. The Labute approximate surface area is 224 Å². The molecule has 1 aliphatic carbocycles. The second kappa shape index (κ2) is 11.7. The van der Waals surface area contributed by atoms with E-state index in [0.717, 1.165) is 43.3 Å². The minimum atomic E-state index is -1.93. The van der Waals surface area contributed by atoms with Gasteiger partial charge in [0.25, 0.3) is 5.60 Å². The van der Waals surface area contributed by atoms with Crippen LogP contribution in [0.15, 0.2) is 59.5 Å². The Morgan fingerprint density at radius 3 is 2.68 bits per heavy atom. The van der Waals surface area contributed by atoms with Gasteiger partial charge >= 0.3 is 5.97 Å². The zero-order valence-electron chi connectivity index (χ0n) is 22.6. The molecule has 2 heterocycles. The molecule has 1 aromatic rings. The number of dihydropyridines is 1. The van der Waals surface area contributed by atoms with Gasteiger partial charge in [0.05, 0.1) is 12.4 Å². The molecule has 3 atom stereocenters. The van der Waals surface area contributed by atoms with Crippen LogP contribution in [0, 0.1) is 5.92 Å². The first-order valence-electron chi connectivity index (χ1n) is 13.6. The molecule has 0 amide bonds. The van der Waals surface area contributed by atoms with Gasteiger partial charge in [-0.25, -0.2) is 4.79 Å². The quantitative estimate of drug-likeness (QED) is 0.156. The van der Waals surface area contributed by atoms with Crippen molar-refractivity contribution < 1.29 is 23.9 Å². The Morgan fingerprint density at radius 1 is 1.26 bits per heavy atom. The summed E-state index contributed by atoms with van der Waals surface area (Å²) in [6.07, 6.45) is 10.6. The monoisotopic (exact) mass is 521 g/mol. The third-order valence-corrected chi connectivity index (χ3v) is 7.71. The molecule has 38 heavy (non-hydrogen) atoms. The molecule has 0 aromatic heterocycles. The van der Waals surface area contributed by atoms with Gasteiger partial charge in [-0.2, -0.15) is 0 Å². The summed E-state index contributed by atoms with van der Waals surface area (Å²) in [5, 5.41) is 6.20. The van der Waals surface area contributed by atoms with E-state index in [2.05, 4.69) is 23.6 Å². The summed E-state index contributed by atoms with van der Waals surface area (Å²) in [7, 11) is 1.86. The van der Waals surface area contributed by atoms with E-state index < -0.39 is 23.0 Å². The Hall–Kier alpha value is -3.23. The summed E-state index contributed by atoms with van der Waals surface area (Å²) in [5.74, 6) is -0.848. The van der Waals surface area contributed by atoms with Gasteiger partial charge in [-0.15, -0.1) is 0 Å². The van der Waals surface area contributed by atoms with Crippen LogP contribution in [0.1, 0.15) is 73.1 Å². The predicted octanol–water partition coefficient (Wildman–Crippen LogP) is 3.59. The normalized spacial score (nSPS) is 25.0. The van der Waals surface area contributed by atoms with Crippen molar-refractivity contribution in [3.05, 3.63) is 70.6 Å². The molecular formula is C30H39N3O5. The number of hydrogen-bond donors (Lipinski definition) is 3. The van der Waals surface area contributed by atoms with Crippen molar-refractivity contribution in [2.24, 2.45) is 11.7 Å². The number of rotatable bonds is 13. The van der Waals surface area contributed by atoms with Crippen molar-refractivity contribution in [2.45, 2.75) is 63.6 Å². The first kappa shape index (κ1) is 27.8. The summed E-state index contributed by atoms with van der Waals surface area (Å²) in [6, 6.07) is 6.61. The van der Waals surface area contributed by atoms with Crippen LogP contribution in [0.4, 0.5) is 0 Å². The van der Waals surface area contributed by atoms with Gasteiger partial charge in [0.1, 0.15) is 0 Å². The third-order valence-electron chi connectivity index (χ3n) is 7.71. The number of benzene rings is 1. The van der Waals surface area contributed by atoms with Gasteiger partial charge in [-0.05, 0) is 44.9 Å². The zero-order valence-corrected chi connectivity index (χ0v) is 22.6. The molecule has 8 heteroatoms. The van der Waals surface area contributed by atoms with Crippen molar-refractivity contribution in [2.75, 3.05) is 26.7 Å².